The number of nitrogens with zero attached hydrogens (tertiary/aromatic N) is 4. The van der Waals surface area contributed by atoms with Crippen molar-refractivity contribution < 1.29 is 50.6 Å². The summed E-state index contributed by atoms with van der Waals surface area (Å²) in [5.41, 5.74) is 0. The highest BCUT2D eigenvalue weighted by molar-refractivity contribution is 5.73. The first-order chi connectivity index (χ1) is 15.8. The van der Waals surface area contributed by atoms with Crippen molar-refractivity contribution in [1.82, 2.24) is 14.9 Å². The zero-order valence-electron chi connectivity index (χ0n) is 17.6. The Morgan fingerprint density at radius 2 is 1.41 bits per heavy atom. The van der Waals surface area contributed by atoms with Gasteiger partial charge in [0.1, 0.15) is 5.76 Å². The van der Waals surface area contributed by atoms with E-state index in [1.165, 1.54) is 0 Å². The van der Waals surface area contributed by atoms with E-state index < -0.39 is 24.3 Å². The number of rotatable bonds is 5. The molecule has 0 aliphatic carbocycles. The average molecular weight is 500 g/mol. The van der Waals surface area contributed by atoms with Gasteiger partial charge in [0.25, 0.3) is 0 Å². The highest BCUT2D eigenvalue weighted by atomic mass is 19.4. The molecule has 9 nitrogen and oxygen atoms in total. The van der Waals surface area contributed by atoms with E-state index >= 15 is 0 Å². The normalized spacial score (nSPS) is 14.4. The molecule has 190 valence electrons. The van der Waals surface area contributed by atoms with Crippen molar-refractivity contribution in [2.45, 2.75) is 25.2 Å². The minimum Gasteiger partial charge on any atom is -0.475 e. The molecule has 1 aliphatic heterocycles. The van der Waals surface area contributed by atoms with Gasteiger partial charge in [-0.25, -0.2) is 19.6 Å². The number of hydrogen-bond donors (Lipinski definition) is 2. The van der Waals surface area contributed by atoms with E-state index in [0.717, 1.165) is 57.3 Å². The molecule has 0 atom stereocenters. The lowest BCUT2D eigenvalue weighted by atomic mass is 10.2. The number of piperazine rings is 1. The van der Waals surface area contributed by atoms with Crippen LogP contribution >= 0.6 is 0 Å². The third kappa shape index (κ3) is 11.5. The van der Waals surface area contributed by atoms with E-state index in [0.29, 0.717) is 0 Å². The van der Waals surface area contributed by atoms with Gasteiger partial charge in [-0.05, 0) is 31.2 Å². The lowest BCUT2D eigenvalue weighted by molar-refractivity contribution is -0.193. The number of aryl methyl sites for hydroxylation is 1. The minimum absolute atomic E-state index is 0.850. The molecule has 1 aliphatic rings. The van der Waals surface area contributed by atoms with E-state index in [1.54, 1.807) is 18.7 Å². The molecule has 2 aromatic heterocycles. The highest BCUT2D eigenvalue weighted by Crippen LogP contribution is 2.14. The Hall–Kier alpha value is -3.36. The van der Waals surface area contributed by atoms with Crippen LogP contribution in [0.4, 0.5) is 32.3 Å². The smallest absolute Gasteiger partial charge is 0.475 e. The van der Waals surface area contributed by atoms with Gasteiger partial charge in [0, 0.05) is 45.0 Å². The van der Waals surface area contributed by atoms with Crippen molar-refractivity contribution in [3.8, 4) is 0 Å². The van der Waals surface area contributed by atoms with Gasteiger partial charge in [0.05, 0.1) is 6.26 Å². The van der Waals surface area contributed by atoms with E-state index in [9.17, 15) is 26.3 Å². The number of aliphatic carboxylic acids is 2. The summed E-state index contributed by atoms with van der Waals surface area (Å²) in [6.07, 6.45) is -2.64. The maximum atomic E-state index is 10.6. The molecule has 3 rings (SSSR count). The van der Waals surface area contributed by atoms with E-state index in [2.05, 4.69) is 19.8 Å². The lowest BCUT2D eigenvalue weighted by Crippen LogP contribution is -2.47. The molecule has 2 N–H and O–H groups in total. The van der Waals surface area contributed by atoms with E-state index in [-0.39, 0.29) is 0 Å². The average Bonchev–Trinajstić information content (AvgIpc) is 3.28. The van der Waals surface area contributed by atoms with Crippen molar-refractivity contribution in [2.24, 2.45) is 0 Å². The van der Waals surface area contributed by atoms with E-state index in [1.807, 2.05) is 18.2 Å². The summed E-state index contributed by atoms with van der Waals surface area (Å²) in [5.74, 6) is -3.58. The molecule has 1 saturated heterocycles. The van der Waals surface area contributed by atoms with Gasteiger partial charge < -0.3 is 19.5 Å². The Labute approximate surface area is 189 Å². The maximum absolute atomic E-state index is 10.6. The molecule has 34 heavy (non-hydrogen) atoms. The molecule has 0 radical (unpaired) electrons. The summed E-state index contributed by atoms with van der Waals surface area (Å²) in [7, 11) is 0. The predicted octanol–water partition coefficient (Wildman–Crippen LogP) is 3.09. The van der Waals surface area contributed by atoms with Crippen LogP contribution in [0.2, 0.25) is 0 Å². The fourth-order valence-electron chi connectivity index (χ4n) is 2.56. The number of halogens is 6. The lowest BCUT2D eigenvalue weighted by Gasteiger charge is -2.34. The molecule has 2 aromatic rings. The van der Waals surface area contributed by atoms with Crippen LogP contribution in [0.3, 0.4) is 0 Å². The minimum atomic E-state index is -5.08. The van der Waals surface area contributed by atoms with Gasteiger partial charge in [0.2, 0.25) is 5.95 Å². The second-order valence-electron chi connectivity index (χ2n) is 6.67. The summed E-state index contributed by atoms with van der Waals surface area (Å²) >= 11 is 0. The van der Waals surface area contributed by atoms with Crippen molar-refractivity contribution in [1.29, 1.82) is 0 Å². The highest BCUT2D eigenvalue weighted by Gasteiger charge is 2.38. The largest absolute Gasteiger partial charge is 0.490 e. The molecule has 15 heteroatoms. The molecule has 0 bridgehead atoms. The molecular formula is C19H22F6N4O5. The first-order valence-corrected chi connectivity index (χ1v) is 9.67. The zero-order valence-corrected chi connectivity index (χ0v) is 17.6. The topological polar surface area (TPSA) is 120 Å². The summed E-state index contributed by atoms with van der Waals surface area (Å²) in [5, 5.41) is 14.2. The summed E-state index contributed by atoms with van der Waals surface area (Å²) < 4.78 is 68.8. The molecule has 0 unspecified atom stereocenters. The SMILES string of the molecule is O=C(O)C(F)(F)F.O=C(O)C(F)(F)F.c1cnc(N2CCN(CCCc3ccco3)CC2)nc1. The van der Waals surface area contributed by atoms with Crippen molar-refractivity contribution in [3.05, 3.63) is 42.6 Å². The second-order valence-corrected chi connectivity index (χ2v) is 6.67. The summed E-state index contributed by atoms with van der Waals surface area (Å²) in [6.45, 7) is 5.30. The molecule has 1 fully saturated rings. The van der Waals surface area contributed by atoms with Crippen LogP contribution in [0, 0.1) is 0 Å². The van der Waals surface area contributed by atoms with Crippen molar-refractivity contribution in [2.75, 3.05) is 37.6 Å². The predicted molar refractivity (Wildman–Crippen MR) is 105 cm³/mol. The number of carboxylic acids is 2. The maximum Gasteiger partial charge on any atom is 0.490 e. The first kappa shape index (κ1) is 28.7. The number of anilines is 1. The Bertz CT molecular complexity index is 830. The summed E-state index contributed by atoms with van der Waals surface area (Å²) in [6, 6.07) is 5.85. The van der Waals surface area contributed by atoms with Crippen LogP contribution in [0.15, 0.2) is 41.3 Å². The number of carboxylic acid groups (broad SMARTS) is 2. The second kappa shape index (κ2) is 13.4. The Balaban J connectivity index is 0.000000343. The van der Waals surface area contributed by atoms with Crippen LogP contribution < -0.4 is 4.90 Å². The van der Waals surface area contributed by atoms with Crippen LogP contribution in [0.25, 0.3) is 0 Å². The zero-order chi connectivity index (χ0) is 25.8. The Kier molecular flexibility index (Phi) is 11.3. The number of furan rings is 1. The van der Waals surface area contributed by atoms with Crippen LogP contribution in [-0.4, -0.2) is 82.1 Å². The van der Waals surface area contributed by atoms with Crippen LogP contribution in [-0.2, 0) is 16.0 Å². The van der Waals surface area contributed by atoms with Gasteiger partial charge in [-0.3, -0.25) is 4.90 Å². The fraction of sp³-hybridized carbons (Fsp3) is 0.474. The molecule has 3 heterocycles. The van der Waals surface area contributed by atoms with Gasteiger partial charge in [0.15, 0.2) is 0 Å². The third-order valence-electron chi connectivity index (χ3n) is 4.17. The molecule has 0 spiro atoms. The first-order valence-electron chi connectivity index (χ1n) is 9.67. The molecule has 0 saturated carbocycles. The Morgan fingerprint density at radius 3 is 1.82 bits per heavy atom. The van der Waals surface area contributed by atoms with Crippen LogP contribution in [0.5, 0.6) is 0 Å². The number of aromatic nitrogens is 2. The van der Waals surface area contributed by atoms with Gasteiger partial charge >= 0.3 is 24.3 Å². The van der Waals surface area contributed by atoms with Gasteiger partial charge in [-0.1, -0.05) is 0 Å². The standard InChI is InChI=1S/C15H20N4O.2C2HF3O2/c1(4-14-5-2-13-20-14)8-18-9-11-19(12-10-18)15-16-6-3-7-17-15;2*3-2(4,5)1(6)7/h2-3,5-7,13H,1,4,8-12H2;2*(H,6,7). The van der Waals surface area contributed by atoms with Gasteiger partial charge in [-0.15, -0.1) is 0 Å². The van der Waals surface area contributed by atoms with Gasteiger partial charge in [-0.2, -0.15) is 26.3 Å². The van der Waals surface area contributed by atoms with Crippen molar-refractivity contribution in [3.63, 3.8) is 0 Å². The fourth-order valence-corrected chi connectivity index (χ4v) is 2.56. The number of alkyl halides is 6. The summed E-state index contributed by atoms with van der Waals surface area (Å²) in [4.78, 5) is 31.2. The Morgan fingerprint density at radius 1 is 0.912 bits per heavy atom. The van der Waals surface area contributed by atoms with E-state index in [4.69, 9.17) is 24.2 Å². The molecular weight excluding hydrogens is 478 g/mol. The monoisotopic (exact) mass is 500 g/mol. The number of hydrogen-bond acceptors (Lipinski definition) is 7. The van der Waals surface area contributed by atoms with Crippen LogP contribution in [0.1, 0.15) is 12.2 Å². The molecule has 0 aromatic carbocycles. The third-order valence-corrected chi connectivity index (χ3v) is 4.17. The quantitative estimate of drug-likeness (QED) is 0.597. The number of carbonyl (C=O) groups is 2. The molecule has 0 amide bonds. The van der Waals surface area contributed by atoms with Crippen molar-refractivity contribution >= 4 is 17.9 Å².